The van der Waals surface area contributed by atoms with Crippen LogP contribution < -0.4 is 10.6 Å². The first-order chi connectivity index (χ1) is 8.11. The lowest BCUT2D eigenvalue weighted by molar-refractivity contribution is 0.0663. The molecule has 1 atom stereocenters. The van der Waals surface area contributed by atoms with E-state index in [1.54, 1.807) is 6.07 Å². The molecule has 0 aliphatic rings. The quantitative estimate of drug-likeness (QED) is 0.720. The zero-order valence-corrected chi connectivity index (χ0v) is 10.1. The van der Waals surface area contributed by atoms with Crippen molar-refractivity contribution in [1.82, 2.24) is 5.32 Å². The number of aliphatic hydroxyl groups is 1. The monoisotopic (exact) mass is 238 g/mol. The van der Waals surface area contributed by atoms with Gasteiger partial charge in [-0.25, -0.2) is 4.79 Å². The van der Waals surface area contributed by atoms with Crippen molar-refractivity contribution in [2.45, 2.75) is 13.0 Å². The highest BCUT2D eigenvalue weighted by Crippen LogP contribution is 2.08. The molecular weight excluding hydrogens is 220 g/mol. The Morgan fingerprint density at radius 1 is 1.53 bits per heavy atom. The van der Waals surface area contributed by atoms with E-state index >= 15 is 0 Å². The third-order valence-electron chi connectivity index (χ3n) is 2.13. The molecule has 1 aromatic rings. The van der Waals surface area contributed by atoms with E-state index in [0.29, 0.717) is 0 Å². The number of rotatable bonds is 5. The zero-order valence-electron chi connectivity index (χ0n) is 10.1. The molecule has 1 aromatic carbocycles. The number of urea groups is 1. The number of carbonyl (C=O) groups is 1. The van der Waals surface area contributed by atoms with Crippen LogP contribution in [0.2, 0.25) is 0 Å². The fourth-order valence-corrected chi connectivity index (χ4v) is 1.36. The van der Waals surface area contributed by atoms with Crippen molar-refractivity contribution >= 4 is 11.7 Å². The highest BCUT2D eigenvalue weighted by molar-refractivity contribution is 5.89. The summed E-state index contributed by atoms with van der Waals surface area (Å²) in [6.45, 7) is 2.31. The van der Waals surface area contributed by atoms with Crippen LogP contribution in [0.15, 0.2) is 24.3 Å². The third-order valence-corrected chi connectivity index (χ3v) is 2.13. The van der Waals surface area contributed by atoms with Gasteiger partial charge in [0.05, 0.1) is 12.7 Å². The van der Waals surface area contributed by atoms with E-state index < -0.39 is 6.10 Å². The van der Waals surface area contributed by atoms with Crippen molar-refractivity contribution in [3.8, 4) is 0 Å². The second-order valence-electron chi connectivity index (χ2n) is 3.81. The van der Waals surface area contributed by atoms with Crippen molar-refractivity contribution in [3.05, 3.63) is 29.8 Å². The highest BCUT2D eigenvalue weighted by atomic mass is 16.5. The molecule has 5 nitrogen and oxygen atoms in total. The molecule has 0 bridgehead atoms. The summed E-state index contributed by atoms with van der Waals surface area (Å²) in [4.78, 5) is 11.5. The number of benzene rings is 1. The van der Waals surface area contributed by atoms with Crippen LogP contribution in [0.3, 0.4) is 0 Å². The molecule has 0 aliphatic heterocycles. The molecule has 0 radical (unpaired) electrons. The molecule has 94 valence electrons. The molecule has 0 saturated heterocycles. The number of hydrogen-bond donors (Lipinski definition) is 3. The van der Waals surface area contributed by atoms with E-state index in [9.17, 15) is 9.90 Å². The lowest BCUT2D eigenvalue weighted by Crippen LogP contribution is -2.36. The Morgan fingerprint density at radius 2 is 2.29 bits per heavy atom. The van der Waals surface area contributed by atoms with E-state index in [1.807, 2.05) is 25.1 Å². The molecule has 0 heterocycles. The van der Waals surface area contributed by atoms with Gasteiger partial charge in [0.2, 0.25) is 0 Å². The summed E-state index contributed by atoms with van der Waals surface area (Å²) >= 11 is 0. The van der Waals surface area contributed by atoms with Crippen LogP contribution in [0.25, 0.3) is 0 Å². The van der Waals surface area contributed by atoms with Crippen molar-refractivity contribution in [1.29, 1.82) is 0 Å². The Balaban J connectivity index is 2.34. The van der Waals surface area contributed by atoms with Gasteiger partial charge >= 0.3 is 6.03 Å². The van der Waals surface area contributed by atoms with E-state index in [4.69, 9.17) is 4.74 Å². The van der Waals surface area contributed by atoms with Crippen LogP contribution in [-0.4, -0.2) is 37.5 Å². The van der Waals surface area contributed by atoms with Gasteiger partial charge in [0.15, 0.2) is 0 Å². The lowest BCUT2D eigenvalue weighted by Gasteiger charge is -2.11. The van der Waals surface area contributed by atoms with E-state index in [1.165, 1.54) is 7.11 Å². The fourth-order valence-electron chi connectivity index (χ4n) is 1.36. The average Bonchev–Trinajstić information content (AvgIpc) is 2.27. The average molecular weight is 238 g/mol. The van der Waals surface area contributed by atoms with Crippen LogP contribution in [0.4, 0.5) is 10.5 Å². The zero-order chi connectivity index (χ0) is 12.7. The summed E-state index contributed by atoms with van der Waals surface area (Å²) in [6.07, 6.45) is -0.691. The predicted molar refractivity (Wildman–Crippen MR) is 66.1 cm³/mol. The van der Waals surface area contributed by atoms with Crippen LogP contribution in [0, 0.1) is 6.92 Å². The molecule has 0 fully saturated rings. The van der Waals surface area contributed by atoms with Crippen LogP contribution in [-0.2, 0) is 4.74 Å². The fraction of sp³-hybridized carbons (Fsp3) is 0.417. The molecule has 2 amide bonds. The second-order valence-corrected chi connectivity index (χ2v) is 3.81. The Kier molecular flexibility index (Phi) is 5.45. The van der Waals surface area contributed by atoms with Gasteiger partial charge in [0, 0.05) is 19.3 Å². The van der Waals surface area contributed by atoms with E-state index in [0.717, 1.165) is 11.3 Å². The molecule has 0 aromatic heterocycles. The third kappa shape index (κ3) is 5.33. The Bertz CT molecular complexity index is 369. The second kappa shape index (κ2) is 6.88. The minimum absolute atomic E-state index is 0.158. The maximum absolute atomic E-state index is 11.5. The predicted octanol–water partition coefficient (Wildman–Crippen LogP) is 1.12. The number of ether oxygens (including phenoxy) is 1. The number of nitrogens with one attached hydrogen (secondary N) is 2. The number of aryl methyl sites for hydroxylation is 1. The smallest absolute Gasteiger partial charge is 0.319 e. The molecule has 1 rings (SSSR count). The molecule has 0 saturated carbocycles. The summed E-state index contributed by atoms with van der Waals surface area (Å²) in [5, 5.41) is 14.6. The number of methoxy groups -OCH3 is 1. The molecule has 5 heteroatoms. The summed E-state index contributed by atoms with van der Waals surface area (Å²) in [5.41, 5.74) is 1.80. The topological polar surface area (TPSA) is 70.6 Å². The number of carbonyl (C=O) groups excluding carboxylic acids is 1. The van der Waals surface area contributed by atoms with Gasteiger partial charge in [-0.05, 0) is 24.6 Å². The van der Waals surface area contributed by atoms with Crippen molar-refractivity contribution in [3.63, 3.8) is 0 Å². The van der Waals surface area contributed by atoms with Gasteiger partial charge < -0.3 is 20.5 Å². The Morgan fingerprint density at radius 3 is 2.94 bits per heavy atom. The van der Waals surface area contributed by atoms with Crippen LogP contribution in [0.5, 0.6) is 0 Å². The molecule has 0 aliphatic carbocycles. The maximum atomic E-state index is 11.5. The lowest BCUT2D eigenvalue weighted by atomic mass is 10.2. The van der Waals surface area contributed by atoms with Gasteiger partial charge in [0.1, 0.15) is 0 Å². The molecule has 3 N–H and O–H groups in total. The largest absolute Gasteiger partial charge is 0.389 e. The number of anilines is 1. The minimum Gasteiger partial charge on any atom is -0.389 e. The van der Waals surface area contributed by atoms with Crippen molar-refractivity contribution in [2.75, 3.05) is 25.6 Å². The number of amides is 2. The van der Waals surface area contributed by atoms with E-state index in [-0.39, 0.29) is 19.2 Å². The van der Waals surface area contributed by atoms with Crippen molar-refractivity contribution in [2.24, 2.45) is 0 Å². The van der Waals surface area contributed by atoms with Crippen LogP contribution in [0.1, 0.15) is 5.56 Å². The van der Waals surface area contributed by atoms with Crippen molar-refractivity contribution < 1.29 is 14.6 Å². The van der Waals surface area contributed by atoms with Gasteiger partial charge in [-0.2, -0.15) is 0 Å². The summed E-state index contributed by atoms with van der Waals surface area (Å²) in [6, 6.07) is 7.14. The van der Waals surface area contributed by atoms with Gasteiger partial charge in [-0.15, -0.1) is 0 Å². The Hall–Kier alpha value is -1.59. The molecule has 17 heavy (non-hydrogen) atoms. The molecule has 1 unspecified atom stereocenters. The standard InChI is InChI=1S/C12H18N2O3/c1-9-4-3-5-10(6-9)14-12(16)13-7-11(15)8-17-2/h3-6,11,15H,7-8H2,1-2H3,(H2,13,14,16). The molecular formula is C12H18N2O3. The Labute approximate surface area is 101 Å². The number of hydrogen-bond acceptors (Lipinski definition) is 3. The minimum atomic E-state index is -0.691. The maximum Gasteiger partial charge on any atom is 0.319 e. The number of aliphatic hydroxyl groups excluding tert-OH is 1. The first kappa shape index (κ1) is 13.5. The first-order valence-electron chi connectivity index (χ1n) is 5.40. The van der Waals surface area contributed by atoms with Gasteiger partial charge in [-0.1, -0.05) is 12.1 Å². The summed E-state index contributed by atoms with van der Waals surface area (Å²) in [7, 11) is 1.50. The molecule has 0 spiro atoms. The summed E-state index contributed by atoms with van der Waals surface area (Å²) < 4.78 is 4.75. The first-order valence-corrected chi connectivity index (χ1v) is 5.40. The normalized spacial score (nSPS) is 11.9. The van der Waals surface area contributed by atoms with Gasteiger partial charge in [-0.3, -0.25) is 0 Å². The summed E-state index contributed by atoms with van der Waals surface area (Å²) in [5.74, 6) is 0. The van der Waals surface area contributed by atoms with Gasteiger partial charge in [0.25, 0.3) is 0 Å². The van der Waals surface area contributed by atoms with Crippen LogP contribution >= 0.6 is 0 Å². The SMILES string of the molecule is COCC(O)CNC(=O)Nc1cccc(C)c1. The highest BCUT2D eigenvalue weighted by Gasteiger charge is 2.06. The van der Waals surface area contributed by atoms with E-state index in [2.05, 4.69) is 10.6 Å².